The molecular formula is C29H32N4O2. The number of nitrogens with zero attached hydrogens (tertiary/aromatic N) is 3. The fourth-order valence-electron chi connectivity index (χ4n) is 6.20. The molecule has 0 saturated carbocycles. The number of amides is 2. The fourth-order valence-corrected chi connectivity index (χ4v) is 6.20. The lowest BCUT2D eigenvalue weighted by atomic mass is 9.97. The highest BCUT2D eigenvalue weighted by Crippen LogP contribution is 2.41. The van der Waals surface area contributed by atoms with Crippen molar-refractivity contribution in [3.8, 4) is 0 Å². The minimum Gasteiger partial charge on any atom is -0.338 e. The van der Waals surface area contributed by atoms with Crippen molar-refractivity contribution in [2.75, 3.05) is 25.0 Å². The molecule has 1 aliphatic carbocycles. The van der Waals surface area contributed by atoms with Gasteiger partial charge < -0.3 is 10.2 Å². The van der Waals surface area contributed by atoms with Gasteiger partial charge in [0, 0.05) is 49.9 Å². The summed E-state index contributed by atoms with van der Waals surface area (Å²) >= 11 is 0. The second-order valence-electron chi connectivity index (χ2n) is 10.4. The summed E-state index contributed by atoms with van der Waals surface area (Å²) in [5.41, 5.74) is 4.64. The van der Waals surface area contributed by atoms with Crippen LogP contribution >= 0.6 is 0 Å². The number of benzene rings is 1. The van der Waals surface area contributed by atoms with E-state index in [0.717, 1.165) is 50.1 Å². The number of piperidine rings is 1. The number of allylic oxidation sites excluding steroid dienone is 1. The number of hydrogen-bond donors (Lipinski definition) is 1. The van der Waals surface area contributed by atoms with Crippen molar-refractivity contribution >= 4 is 29.3 Å². The number of rotatable bonds is 3. The molecule has 6 nitrogen and oxygen atoms in total. The second kappa shape index (κ2) is 9.42. The third-order valence-corrected chi connectivity index (χ3v) is 8.05. The molecule has 0 bridgehead atoms. The first kappa shape index (κ1) is 22.2. The minimum atomic E-state index is 0.0397. The Kier molecular flexibility index (Phi) is 5.98. The second-order valence-corrected chi connectivity index (χ2v) is 10.4. The summed E-state index contributed by atoms with van der Waals surface area (Å²) in [7, 11) is 0. The quantitative estimate of drug-likeness (QED) is 0.680. The van der Waals surface area contributed by atoms with E-state index < -0.39 is 0 Å². The van der Waals surface area contributed by atoms with E-state index in [9.17, 15) is 9.59 Å². The maximum Gasteiger partial charge on any atom is 0.246 e. The van der Waals surface area contributed by atoms with E-state index in [0.29, 0.717) is 30.1 Å². The van der Waals surface area contributed by atoms with Crippen LogP contribution in [-0.4, -0.2) is 52.3 Å². The van der Waals surface area contributed by atoms with E-state index in [1.807, 2.05) is 17.0 Å². The van der Waals surface area contributed by atoms with Gasteiger partial charge in [-0.05, 0) is 66.5 Å². The highest BCUT2D eigenvalue weighted by Gasteiger charge is 2.37. The van der Waals surface area contributed by atoms with E-state index in [4.69, 9.17) is 0 Å². The van der Waals surface area contributed by atoms with Crippen LogP contribution in [-0.2, 0) is 16.1 Å². The normalized spacial score (nSPS) is 26.4. The van der Waals surface area contributed by atoms with Crippen LogP contribution in [0.15, 0.2) is 54.7 Å². The molecule has 0 radical (unpaired) electrons. The first-order valence-electron chi connectivity index (χ1n) is 12.9. The van der Waals surface area contributed by atoms with Gasteiger partial charge in [0.2, 0.25) is 11.8 Å². The lowest BCUT2D eigenvalue weighted by Gasteiger charge is -2.37. The van der Waals surface area contributed by atoms with Gasteiger partial charge >= 0.3 is 0 Å². The average Bonchev–Trinajstić information content (AvgIpc) is 3.44. The van der Waals surface area contributed by atoms with Crippen LogP contribution < -0.4 is 5.32 Å². The molecule has 3 atom stereocenters. The van der Waals surface area contributed by atoms with E-state index in [1.165, 1.54) is 24.0 Å². The molecule has 180 valence electrons. The van der Waals surface area contributed by atoms with Gasteiger partial charge in [-0.1, -0.05) is 42.8 Å². The van der Waals surface area contributed by atoms with Gasteiger partial charge in [-0.25, -0.2) is 4.98 Å². The summed E-state index contributed by atoms with van der Waals surface area (Å²) in [5.74, 6) is 1.71. The average molecular weight is 469 g/mol. The number of fused-ring (bicyclic) bond motifs is 3. The first-order valence-corrected chi connectivity index (χ1v) is 12.9. The Balaban J connectivity index is 1.12. The van der Waals surface area contributed by atoms with Crippen LogP contribution in [0.4, 0.5) is 5.82 Å². The van der Waals surface area contributed by atoms with Crippen molar-refractivity contribution in [1.29, 1.82) is 0 Å². The molecule has 2 saturated heterocycles. The van der Waals surface area contributed by atoms with Crippen molar-refractivity contribution in [2.24, 2.45) is 11.8 Å². The molecule has 35 heavy (non-hydrogen) atoms. The molecule has 3 aliphatic heterocycles. The van der Waals surface area contributed by atoms with Gasteiger partial charge in [0.15, 0.2) is 0 Å². The maximum absolute atomic E-state index is 13.0. The molecule has 4 aliphatic rings. The number of nitrogens with one attached hydrogen (secondary N) is 1. The number of carbonyl (C=O) groups excluding carboxylic acids is 2. The zero-order valence-corrected chi connectivity index (χ0v) is 20.0. The number of likely N-dealkylation sites (tertiary alicyclic amines) is 1. The molecule has 2 amide bonds. The monoisotopic (exact) mass is 468 g/mol. The van der Waals surface area contributed by atoms with Gasteiger partial charge in [-0.15, -0.1) is 0 Å². The summed E-state index contributed by atoms with van der Waals surface area (Å²) < 4.78 is 0. The Labute approximate surface area is 206 Å². The maximum atomic E-state index is 13.0. The van der Waals surface area contributed by atoms with Gasteiger partial charge in [-0.2, -0.15) is 0 Å². The number of hydrogen-bond acceptors (Lipinski definition) is 4. The standard InChI is InChI=1S/C29H32N4O2/c34-27-15-26-8-4-5-11-32(26)19-25-12-20(16-30-29(25)31-27)9-10-28(35)33-17-23-13-22(14-24(23)18-33)21-6-2-1-3-7-21/h1-3,6-7,9-10,12-13,16,23-24,26H,4-5,8,11,14-15,17-19H2,(H,30,31,34)/t23-,24+,26?/m1/s1. The molecule has 2 aromatic rings. The molecule has 1 unspecified atom stereocenters. The first-order chi connectivity index (χ1) is 17.1. The third-order valence-electron chi connectivity index (χ3n) is 8.05. The summed E-state index contributed by atoms with van der Waals surface area (Å²) in [6, 6.07) is 12.9. The molecule has 0 spiro atoms. The predicted molar refractivity (Wildman–Crippen MR) is 137 cm³/mol. The number of pyridine rings is 1. The Bertz CT molecular complexity index is 1190. The topological polar surface area (TPSA) is 65.5 Å². The summed E-state index contributed by atoms with van der Waals surface area (Å²) in [4.78, 5) is 34.3. The largest absolute Gasteiger partial charge is 0.338 e. The Morgan fingerprint density at radius 1 is 1.11 bits per heavy atom. The van der Waals surface area contributed by atoms with Crippen LogP contribution in [0.5, 0.6) is 0 Å². The molecule has 4 heterocycles. The van der Waals surface area contributed by atoms with E-state index in [1.54, 1.807) is 12.3 Å². The summed E-state index contributed by atoms with van der Waals surface area (Å²) in [6.45, 7) is 3.41. The van der Waals surface area contributed by atoms with Gasteiger partial charge in [-0.3, -0.25) is 14.5 Å². The zero-order chi connectivity index (χ0) is 23.8. The highest BCUT2D eigenvalue weighted by atomic mass is 16.2. The molecular weight excluding hydrogens is 436 g/mol. The molecule has 6 heteroatoms. The number of carbonyl (C=O) groups is 2. The fraction of sp³-hybridized carbons (Fsp3) is 0.414. The SMILES string of the molecule is O=C1CC2CCCCN2Cc2cc(C=CC(=O)N3C[C@@H]4CC(c5ccccc5)=C[C@@H]4C3)cnc2N1. The van der Waals surface area contributed by atoms with Crippen LogP contribution in [0.1, 0.15) is 48.8 Å². The van der Waals surface area contributed by atoms with Crippen LogP contribution in [0, 0.1) is 11.8 Å². The number of anilines is 1. The van der Waals surface area contributed by atoms with Crippen LogP contribution in [0.2, 0.25) is 0 Å². The predicted octanol–water partition coefficient (Wildman–Crippen LogP) is 4.35. The van der Waals surface area contributed by atoms with Crippen molar-refractivity contribution in [3.63, 3.8) is 0 Å². The zero-order valence-electron chi connectivity index (χ0n) is 20.0. The van der Waals surface area contributed by atoms with Crippen LogP contribution in [0.3, 0.4) is 0 Å². The van der Waals surface area contributed by atoms with E-state index in [-0.39, 0.29) is 11.8 Å². The van der Waals surface area contributed by atoms with Gasteiger partial charge in [0.1, 0.15) is 5.82 Å². The minimum absolute atomic E-state index is 0.0397. The number of aromatic nitrogens is 1. The molecule has 6 rings (SSSR count). The molecule has 2 fully saturated rings. The van der Waals surface area contributed by atoms with Gasteiger partial charge in [0.25, 0.3) is 0 Å². The lowest BCUT2D eigenvalue weighted by molar-refractivity contribution is -0.125. The van der Waals surface area contributed by atoms with Crippen molar-refractivity contribution < 1.29 is 9.59 Å². The van der Waals surface area contributed by atoms with Crippen molar-refractivity contribution in [3.05, 3.63) is 71.4 Å². The lowest BCUT2D eigenvalue weighted by Crippen LogP contribution is -2.42. The van der Waals surface area contributed by atoms with Crippen molar-refractivity contribution in [1.82, 2.24) is 14.8 Å². The van der Waals surface area contributed by atoms with Gasteiger partial charge in [0.05, 0.1) is 0 Å². The molecule has 1 aromatic heterocycles. The smallest absolute Gasteiger partial charge is 0.246 e. The Morgan fingerprint density at radius 3 is 2.86 bits per heavy atom. The summed E-state index contributed by atoms with van der Waals surface area (Å²) in [6.07, 6.45) is 12.7. The van der Waals surface area contributed by atoms with E-state index >= 15 is 0 Å². The Hall–Kier alpha value is -3.25. The van der Waals surface area contributed by atoms with Crippen LogP contribution in [0.25, 0.3) is 11.6 Å². The Morgan fingerprint density at radius 2 is 2.00 bits per heavy atom. The molecule has 1 aromatic carbocycles. The third kappa shape index (κ3) is 4.67. The highest BCUT2D eigenvalue weighted by molar-refractivity contribution is 5.93. The summed E-state index contributed by atoms with van der Waals surface area (Å²) in [5, 5.41) is 2.99. The van der Waals surface area contributed by atoms with Crippen molar-refractivity contribution in [2.45, 2.75) is 44.7 Å². The van der Waals surface area contributed by atoms with E-state index in [2.05, 4.69) is 51.6 Å². The molecule has 1 N–H and O–H groups in total.